The van der Waals surface area contributed by atoms with Gasteiger partial charge in [0.15, 0.2) is 6.10 Å². The fourth-order valence-corrected chi connectivity index (χ4v) is 2.59. The summed E-state index contributed by atoms with van der Waals surface area (Å²) < 4.78 is 10.6. The molecule has 3 rings (SSSR count). The van der Waals surface area contributed by atoms with Gasteiger partial charge in [-0.1, -0.05) is 5.16 Å². The lowest BCUT2D eigenvalue weighted by atomic mass is 10.1. The van der Waals surface area contributed by atoms with Crippen LogP contribution in [0.2, 0.25) is 0 Å². The average molecular weight is 315 g/mol. The lowest BCUT2D eigenvalue weighted by Crippen LogP contribution is -2.41. The van der Waals surface area contributed by atoms with Gasteiger partial charge in [-0.3, -0.25) is 9.59 Å². The Morgan fingerprint density at radius 3 is 2.74 bits per heavy atom. The molecule has 1 aromatic carbocycles. The fourth-order valence-electron chi connectivity index (χ4n) is 2.59. The second kappa shape index (κ2) is 5.42. The molecule has 1 atom stereocenters. The third-order valence-electron chi connectivity index (χ3n) is 3.82. The number of aryl methyl sites for hydroxylation is 2. The van der Waals surface area contributed by atoms with E-state index in [4.69, 9.17) is 9.26 Å². The van der Waals surface area contributed by atoms with E-state index in [9.17, 15) is 9.59 Å². The van der Waals surface area contributed by atoms with E-state index < -0.39 is 6.10 Å². The van der Waals surface area contributed by atoms with Gasteiger partial charge in [0, 0.05) is 12.7 Å². The highest BCUT2D eigenvalue weighted by molar-refractivity contribution is 6.06. The zero-order chi connectivity index (χ0) is 16.7. The molecule has 0 bridgehead atoms. The van der Waals surface area contributed by atoms with E-state index in [1.54, 1.807) is 46.0 Å². The number of ether oxygens (including phenoxy) is 1. The molecule has 0 saturated heterocycles. The van der Waals surface area contributed by atoms with Crippen LogP contribution in [-0.2, 0) is 4.79 Å². The molecule has 1 aromatic heterocycles. The Balaban J connectivity index is 1.88. The average Bonchev–Trinajstić information content (AvgIpc) is 2.85. The Labute approximate surface area is 133 Å². The molecule has 0 aliphatic carbocycles. The van der Waals surface area contributed by atoms with Crippen molar-refractivity contribution in [2.75, 3.05) is 17.3 Å². The number of aromatic nitrogens is 1. The number of carbonyl (C=O) groups excluding carboxylic acids is 2. The molecule has 1 N–H and O–H groups in total. The van der Waals surface area contributed by atoms with Gasteiger partial charge in [0.25, 0.3) is 11.8 Å². The molecule has 1 aliphatic rings. The van der Waals surface area contributed by atoms with Crippen LogP contribution in [0.5, 0.6) is 5.75 Å². The third kappa shape index (κ3) is 2.54. The predicted molar refractivity (Wildman–Crippen MR) is 83.9 cm³/mol. The van der Waals surface area contributed by atoms with Gasteiger partial charge < -0.3 is 19.5 Å². The highest BCUT2D eigenvalue weighted by Crippen LogP contribution is 2.35. The first-order valence-corrected chi connectivity index (χ1v) is 7.21. The van der Waals surface area contributed by atoms with Crippen molar-refractivity contribution in [2.45, 2.75) is 26.9 Å². The predicted octanol–water partition coefficient (Wildman–Crippen LogP) is 2.29. The third-order valence-corrected chi connectivity index (χ3v) is 3.82. The molecule has 7 nitrogen and oxygen atoms in total. The number of benzene rings is 1. The minimum absolute atomic E-state index is 0.133. The highest BCUT2D eigenvalue weighted by Gasteiger charge is 2.29. The van der Waals surface area contributed by atoms with Crippen LogP contribution in [0.15, 0.2) is 22.7 Å². The number of amides is 2. The van der Waals surface area contributed by atoms with Crippen LogP contribution in [0.25, 0.3) is 0 Å². The van der Waals surface area contributed by atoms with E-state index >= 15 is 0 Å². The molecule has 2 aromatic rings. The smallest absolute Gasteiger partial charge is 0.267 e. The van der Waals surface area contributed by atoms with Crippen molar-refractivity contribution < 1.29 is 18.8 Å². The van der Waals surface area contributed by atoms with Gasteiger partial charge in [-0.15, -0.1) is 0 Å². The van der Waals surface area contributed by atoms with Gasteiger partial charge in [0.1, 0.15) is 17.1 Å². The van der Waals surface area contributed by atoms with Crippen LogP contribution in [0.1, 0.15) is 28.7 Å². The Morgan fingerprint density at radius 2 is 2.09 bits per heavy atom. The van der Waals surface area contributed by atoms with Crippen molar-refractivity contribution in [2.24, 2.45) is 0 Å². The van der Waals surface area contributed by atoms with Crippen LogP contribution < -0.4 is 15.0 Å². The van der Waals surface area contributed by atoms with E-state index in [0.717, 1.165) is 0 Å². The zero-order valence-corrected chi connectivity index (χ0v) is 13.3. The van der Waals surface area contributed by atoms with E-state index in [2.05, 4.69) is 10.5 Å². The number of likely N-dealkylation sites (N-methyl/N-ethyl adjacent to an activating group) is 1. The van der Waals surface area contributed by atoms with Crippen LogP contribution in [0.3, 0.4) is 0 Å². The van der Waals surface area contributed by atoms with E-state index in [0.29, 0.717) is 34.1 Å². The maximum atomic E-state index is 12.4. The van der Waals surface area contributed by atoms with Gasteiger partial charge in [0.05, 0.1) is 11.4 Å². The number of nitrogens with zero attached hydrogens (tertiary/aromatic N) is 2. The quantitative estimate of drug-likeness (QED) is 0.919. The monoisotopic (exact) mass is 315 g/mol. The number of nitrogens with one attached hydrogen (secondary N) is 1. The van der Waals surface area contributed by atoms with Gasteiger partial charge in [0.2, 0.25) is 0 Å². The minimum Gasteiger partial charge on any atom is -0.479 e. The van der Waals surface area contributed by atoms with Gasteiger partial charge in [-0.2, -0.15) is 0 Å². The van der Waals surface area contributed by atoms with Crippen LogP contribution >= 0.6 is 0 Å². The summed E-state index contributed by atoms with van der Waals surface area (Å²) in [6.45, 7) is 5.10. The summed E-state index contributed by atoms with van der Waals surface area (Å²) >= 11 is 0. The van der Waals surface area contributed by atoms with Crippen LogP contribution in [-0.4, -0.2) is 30.1 Å². The van der Waals surface area contributed by atoms with Gasteiger partial charge in [-0.25, -0.2) is 0 Å². The summed E-state index contributed by atoms with van der Waals surface area (Å²) in [4.78, 5) is 25.9. The van der Waals surface area contributed by atoms with Crippen molar-refractivity contribution in [1.82, 2.24) is 5.16 Å². The summed E-state index contributed by atoms with van der Waals surface area (Å²) in [5.74, 6) is 0.629. The van der Waals surface area contributed by atoms with Gasteiger partial charge >= 0.3 is 0 Å². The molecule has 2 amide bonds. The number of hydrogen-bond donors (Lipinski definition) is 1. The summed E-state index contributed by atoms with van der Waals surface area (Å²) in [5.41, 5.74) is 2.12. The fraction of sp³-hybridized carbons (Fsp3) is 0.312. The van der Waals surface area contributed by atoms with Gasteiger partial charge in [-0.05, 0) is 39.0 Å². The molecule has 7 heteroatoms. The van der Waals surface area contributed by atoms with Crippen molar-refractivity contribution in [1.29, 1.82) is 0 Å². The standard InChI is InChI=1S/C16H17N3O4/c1-8-14(9(2)23-18-8)15(20)17-11-5-6-13-12(7-11)19(4)16(21)10(3)22-13/h5-7,10H,1-4H3,(H,17,20). The number of anilines is 2. The Morgan fingerprint density at radius 1 is 1.35 bits per heavy atom. The first-order chi connectivity index (χ1) is 10.9. The molecular formula is C16H17N3O4. The first kappa shape index (κ1) is 15.1. The molecule has 0 radical (unpaired) electrons. The summed E-state index contributed by atoms with van der Waals surface area (Å²) in [5, 5.41) is 6.56. The molecule has 120 valence electrons. The largest absolute Gasteiger partial charge is 0.479 e. The van der Waals surface area contributed by atoms with Crippen molar-refractivity contribution in [3.63, 3.8) is 0 Å². The maximum absolute atomic E-state index is 12.4. The topological polar surface area (TPSA) is 84.7 Å². The summed E-state index contributed by atoms with van der Waals surface area (Å²) in [7, 11) is 1.68. The molecule has 0 saturated carbocycles. The minimum atomic E-state index is -0.518. The lowest BCUT2D eigenvalue weighted by molar-refractivity contribution is -0.125. The normalized spacial score (nSPS) is 16.8. The number of carbonyl (C=O) groups is 2. The first-order valence-electron chi connectivity index (χ1n) is 7.21. The number of fused-ring (bicyclic) bond motifs is 1. The highest BCUT2D eigenvalue weighted by atomic mass is 16.5. The molecule has 1 aliphatic heterocycles. The SMILES string of the molecule is Cc1noc(C)c1C(=O)Nc1ccc2c(c1)N(C)C(=O)C(C)O2. The zero-order valence-electron chi connectivity index (χ0n) is 13.3. The van der Waals surface area contributed by atoms with Crippen molar-refractivity contribution >= 4 is 23.2 Å². The molecule has 1 unspecified atom stereocenters. The Bertz CT molecular complexity index is 777. The van der Waals surface area contributed by atoms with E-state index in [-0.39, 0.29) is 11.8 Å². The molecule has 0 fully saturated rings. The van der Waals surface area contributed by atoms with Crippen LogP contribution in [0, 0.1) is 13.8 Å². The van der Waals surface area contributed by atoms with Crippen molar-refractivity contribution in [3.8, 4) is 5.75 Å². The number of hydrogen-bond acceptors (Lipinski definition) is 5. The second-order valence-electron chi connectivity index (χ2n) is 5.49. The van der Waals surface area contributed by atoms with Crippen molar-refractivity contribution in [3.05, 3.63) is 35.2 Å². The Kier molecular flexibility index (Phi) is 3.55. The Hall–Kier alpha value is -2.83. The summed E-state index contributed by atoms with van der Waals surface area (Å²) in [6, 6.07) is 5.16. The van der Waals surface area contributed by atoms with E-state index in [1.807, 2.05) is 0 Å². The van der Waals surface area contributed by atoms with Crippen LogP contribution in [0.4, 0.5) is 11.4 Å². The second-order valence-corrected chi connectivity index (χ2v) is 5.49. The molecule has 0 spiro atoms. The van der Waals surface area contributed by atoms with E-state index in [1.165, 1.54) is 4.90 Å². The molecule has 23 heavy (non-hydrogen) atoms. The summed E-state index contributed by atoms with van der Waals surface area (Å²) in [6.07, 6.45) is -0.518. The number of rotatable bonds is 2. The molecular weight excluding hydrogens is 298 g/mol. The lowest BCUT2D eigenvalue weighted by Gasteiger charge is -2.30. The molecule has 2 heterocycles. The maximum Gasteiger partial charge on any atom is 0.267 e.